The Bertz CT molecular complexity index is 1290. The van der Waals surface area contributed by atoms with E-state index in [4.69, 9.17) is 4.74 Å². The fourth-order valence-corrected chi connectivity index (χ4v) is 5.90. The van der Waals surface area contributed by atoms with Gasteiger partial charge in [-0.3, -0.25) is 14.4 Å². The first-order valence-corrected chi connectivity index (χ1v) is 12.9. The first kappa shape index (κ1) is 24.4. The van der Waals surface area contributed by atoms with Crippen molar-refractivity contribution in [3.8, 4) is 5.75 Å². The van der Waals surface area contributed by atoms with E-state index >= 15 is 0 Å². The number of para-hydroxylation sites is 1. The lowest BCUT2D eigenvalue weighted by molar-refractivity contribution is -0.118. The number of ketones is 2. The molecule has 0 spiro atoms. The van der Waals surface area contributed by atoms with Gasteiger partial charge in [0, 0.05) is 48.3 Å². The van der Waals surface area contributed by atoms with Gasteiger partial charge >= 0.3 is 0 Å². The van der Waals surface area contributed by atoms with Crippen LogP contribution in [0.4, 0.5) is 10.1 Å². The normalized spacial score (nSPS) is 18.2. The van der Waals surface area contributed by atoms with Gasteiger partial charge in [0.2, 0.25) is 0 Å². The van der Waals surface area contributed by atoms with Crippen molar-refractivity contribution in [1.82, 2.24) is 4.90 Å². The molecule has 0 saturated heterocycles. The number of carbonyl (C=O) groups excluding carboxylic acids is 3. The second kappa shape index (κ2) is 10.0. The number of ether oxygens (including phenoxy) is 1. The van der Waals surface area contributed by atoms with Gasteiger partial charge in [0.1, 0.15) is 11.6 Å². The van der Waals surface area contributed by atoms with Crippen LogP contribution in [0.3, 0.4) is 0 Å². The van der Waals surface area contributed by atoms with Crippen LogP contribution in [0.25, 0.3) is 0 Å². The molecule has 3 aliphatic rings. The van der Waals surface area contributed by atoms with Crippen LogP contribution in [0.2, 0.25) is 0 Å². The smallest absolute Gasteiger partial charge is 0.262 e. The SMILES string of the molecule is CN1C2=C(C(=O)CCC2)C(c2ccc(OCC(=O)Nc3ccccc3F)c(Br)c2)C2=C1CCCC2=O. The van der Waals surface area contributed by atoms with Crippen LogP contribution in [-0.2, 0) is 14.4 Å². The summed E-state index contributed by atoms with van der Waals surface area (Å²) in [5.41, 5.74) is 4.41. The van der Waals surface area contributed by atoms with Crippen LogP contribution in [-0.4, -0.2) is 36.0 Å². The molecule has 1 aliphatic heterocycles. The molecule has 0 fully saturated rings. The first-order chi connectivity index (χ1) is 17.3. The molecular weight excluding hydrogens is 527 g/mol. The summed E-state index contributed by atoms with van der Waals surface area (Å²) in [6.45, 7) is -0.303. The van der Waals surface area contributed by atoms with Gasteiger partial charge in [0.15, 0.2) is 18.2 Å². The van der Waals surface area contributed by atoms with Crippen molar-refractivity contribution in [3.63, 3.8) is 0 Å². The molecule has 8 heteroatoms. The van der Waals surface area contributed by atoms with E-state index in [9.17, 15) is 18.8 Å². The van der Waals surface area contributed by atoms with E-state index in [0.717, 1.165) is 53.8 Å². The zero-order valence-corrected chi connectivity index (χ0v) is 21.5. The third kappa shape index (κ3) is 4.50. The minimum Gasteiger partial charge on any atom is -0.483 e. The van der Waals surface area contributed by atoms with Crippen LogP contribution < -0.4 is 10.1 Å². The zero-order valence-electron chi connectivity index (χ0n) is 19.9. The molecule has 2 aromatic rings. The number of benzene rings is 2. The minimum absolute atomic E-state index is 0.0882. The highest BCUT2D eigenvalue weighted by Crippen LogP contribution is 2.49. The largest absolute Gasteiger partial charge is 0.483 e. The molecule has 0 bridgehead atoms. The second-order valence-electron chi connectivity index (χ2n) is 9.27. The summed E-state index contributed by atoms with van der Waals surface area (Å²) in [6, 6.07) is 11.4. The minimum atomic E-state index is -0.522. The Morgan fingerprint density at radius 1 is 1.03 bits per heavy atom. The molecule has 2 aliphatic carbocycles. The van der Waals surface area contributed by atoms with Crippen molar-refractivity contribution in [1.29, 1.82) is 0 Å². The molecular formula is C28H26BrFN2O4. The third-order valence-electron chi connectivity index (χ3n) is 7.04. The molecule has 0 atom stereocenters. The van der Waals surface area contributed by atoms with Gasteiger partial charge < -0.3 is 15.0 Å². The number of rotatable bonds is 5. The lowest BCUT2D eigenvalue weighted by Gasteiger charge is -2.42. The molecule has 1 amide bonds. The number of hydrogen-bond donors (Lipinski definition) is 1. The Morgan fingerprint density at radius 3 is 2.28 bits per heavy atom. The standard InChI is InChI=1S/C28H26BrFN2O4/c1-32-20-8-4-10-22(33)27(20)26(28-21(32)9-5-11-23(28)34)16-12-13-24(17(29)14-16)36-15-25(35)31-19-7-3-2-6-18(19)30/h2-3,6-7,12-14,26H,4-5,8-11,15H2,1H3,(H,31,35). The summed E-state index contributed by atoms with van der Waals surface area (Å²) in [4.78, 5) is 40.6. The Hall–Kier alpha value is -3.26. The fourth-order valence-electron chi connectivity index (χ4n) is 5.39. The molecule has 186 valence electrons. The van der Waals surface area contributed by atoms with Crippen molar-refractivity contribution >= 4 is 39.1 Å². The van der Waals surface area contributed by atoms with E-state index < -0.39 is 17.6 Å². The van der Waals surface area contributed by atoms with Gasteiger partial charge in [0.25, 0.3) is 5.91 Å². The number of allylic oxidation sites excluding steroid dienone is 4. The Labute approximate surface area is 217 Å². The van der Waals surface area contributed by atoms with Crippen LogP contribution in [0.15, 0.2) is 69.5 Å². The summed E-state index contributed by atoms with van der Waals surface area (Å²) in [5.74, 6) is -0.785. The number of anilines is 1. The van der Waals surface area contributed by atoms with E-state index in [1.807, 2.05) is 19.2 Å². The van der Waals surface area contributed by atoms with Gasteiger partial charge in [-0.15, -0.1) is 0 Å². The van der Waals surface area contributed by atoms with E-state index in [1.54, 1.807) is 18.2 Å². The van der Waals surface area contributed by atoms with Gasteiger partial charge in [-0.05, 0) is 71.4 Å². The highest BCUT2D eigenvalue weighted by molar-refractivity contribution is 9.10. The number of hydrogen-bond acceptors (Lipinski definition) is 5. The molecule has 6 nitrogen and oxygen atoms in total. The van der Waals surface area contributed by atoms with Crippen molar-refractivity contribution in [2.24, 2.45) is 0 Å². The molecule has 0 saturated carbocycles. The molecule has 1 N–H and O–H groups in total. The quantitative estimate of drug-likeness (QED) is 0.518. The molecule has 0 unspecified atom stereocenters. The van der Waals surface area contributed by atoms with Gasteiger partial charge in [-0.1, -0.05) is 18.2 Å². The Morgan fingerprint density at radius 2 is 1.67 bits per heavy atom. The number of nitrogens with zero attached hydrogens (tertiary/aromatic N) is 1. The number of amides is 1. The molecule has 5 rings (SSSR count). The van der Waals surface area contributed by atoms with Crippen molar-refractivity contribution in [3.05, 3.63) is 80.9 Å². The second-order valence-corrected chi connectivity index (χ2v) is 10.1. The summed E-state index contributed by atoms with van der Waals surface area (Å²) in [6.07, 6.45) is 4.24. The first-order valence-electron chi connectivity index (χ1n) is 12.1. The molecule has 2 aromatic carbocycles. The Balaban J connectivity index is 1.41. The highest BCUT2D eigenvalue weighted by atomic mass is 79.9. The number of halogens is 2. The maximum absolute atomic E-state index is 13.8. The number of carbonyl (C=O) groups is 3. The van der Waals surface area contributed by atoms with E-state index in [2.05, 4.69) is 26.1 Å². The third-order valence-corrected chi connectivity index (χ3v) is 7.66. The zero-order chi connectivity index (χ0) is 25.4. The summed E-state index contributed by atoms with van der Waals surface area (Å²) in [7, 11) is 1.97. The van der Waals surface area contributed by atoms with Crippen molar-refractivity contribution < 1.29 is 23.5 Å². The predicted octanol–water partition coefficient (Wildman–Crippen LogP) is 5.65. The van der Waals surface area contributed by atoms with Gasteiger partial charge in [-0.25, -0.2) is 4.39 Å². The summed E-state index contributed by atoms with van der Waals surface area (Å²) >= 11 is 3.53. The van der Waals surface area contributed by atoms with Crippen LogP contribution >= 0.6 is 15.9 Å². The lowest BCUT2D eigenvalue weighted by atomic mass is 9.71. The topological polar surface area (TPSA) is 75.7 Å². The van der Waals surface area contributed by atoms with E-state index in [1.165, 1.54) is 12.1 Å². The van der Waals surface area contributed by atoms with E-state index in [0.29, 0.717) is 23.1 Å². The van der Waals surface area contributed by atoms with E-state index in [-0.39, 0.29) is 23.9 Å². The average Bonchev–Trinajstić information content (AvgIpc) is 2.86. The molecule has 1 heterocycles. The van der Waals surface area contributed by atoms with Gasteiger partial charge in [0.05, 0.1) is 10.2 Å². The van der Waals surface area contributed by atoms with Crippen LogP contribution in [0.5, 0.6) is 5.75 Å². The van der Waals surface area contributed by atoms with Crippen LogP contribution in [0.1, 0.15) is 50.0 Å². The monoisotopic (exact) mass is 552 g/mol. The Kier molecular flexibility index (Phi) is 6.79. The average molecular weight is 553 g/mol. The van der Waals surface area contributed by atoms with Gasteiger partial charge in [-0.2, -0.15) is 0 Å². The number of nitrogens with one attached hydrogen (secondary N) is 1. The van der Waals surface area contributed by atoms with Crippen LogP contribution in [0, 0.1) is 5.82 Å². The lowest BCUT2D eigenvalue weighted by Crippen LogP contribution is -2.37. The maximum Gasteiger partial charge on any atom is 0.262 e. The molecule has 0 aromatic heterocycles. The van der Waals surface area contributed by atoms with Crippen molar-refractivity contribution in [2.75, 3.05) is 19.0 Å². The highest BCUT2D eigenvalue weighted by Gasteiger charge is 2.42. The van der Waals surface area contributed by atoms with Crippen molar-refractivity contribution in [2.45, 2.75) is 44.4 Å². The molecule has 0 radical (unpaired) electrons. The predicted molar refractivity (Wildman–Crippen MR) is 137 cm³/mol. The molecule has 36 heavy (non-hydrogen) atoms. The maximum atomic E-state index is 13.8. The fraction of sp³-hybridized carbons (Fsp3) is 0.321. The summed E-state index contributed by atoms with van der Waals surface area (Å²) < 4.78 is 20.1. The number of Topliss-reactive ketones (excluding diaryl/α,β-unsaturated/α-hetero) is 2. The summed E-state index contributed by atoms with van der Waals surface area (Å²) in [5, 5.41) is 2.49.